The van der Waals surface area contributed by atoms with Gasteiger partial charge in [-0.1, -0.05) is 24.3 Å². The summed E-state index contributed by atoms with van der Waals surface area (Å²) in [5, 5.41) is 16.1. The molecular weight excluding hydrogens is 268 g/mol. The monoisotopic (exact) mass is 282 g/mol. The van der Waals surface area contributed by atoms with Crippen molar-refractivity contribution < 1.29 is 9.90 Å². The molecule has 3 aromatic rings. The number of aliphatic hydroxyl groups excluding tert-OH is 1. The molecule has 2 aromatic heterocycles. The maximum atomic E-state index is 12.2. The zero-order chi connectivity index (χ0) is 14.7. The smallest absolute Gasteiger partial charge is 0.255 e. The second kappa shape index (κ2) is 5.72. The molecule has 0 bridgehead atoms. The minimum absolute atomic E-state index is 0.0124. The first-order chi connectivity index (χ1) is 10.3. The van der Waals surface area contributed by atoms with Gasteiger partial charge in [-0.15, -0.1) is 0 Å². The Labute approximate surface area is 121 Å². The van der Waals surface area contributed by atoms with Crippen LogP contribution in [0.3, 0.4) is 0 Å². The highest BCUT2D eigenvalue weighted by atomic mass is 16.3. The van der Waals surface area contributed by atoms with Gasteiger partial charge < -0.3 is 10.4 Å². The predicted molar refractivity (Wildman–Crippen MR) is 76.5 cm³/mol. The molecule has 3 rings (SSSR count). The van der Waals surface area contributed by atoms with E-state index in [4.69, 9.17) is 5.11 Å². The number of aromatic nitrogens is 3. The maximum absolute atomic E-state index is 12.2. The number of hydrogen-bond donors (Lipinski definition) is 2. The molecule has 0 atom stereocenters. The number of aliphatic hydroxyl groups is 1. The summed E-state index contributed by atoms with van der Waals surface area (Å²) in [5.74, 6) is -0.201. The second-order valence-corrected chi connectivity index (χ2v) is 4.63. The Hall–Kier alpha value is -2.73. The van der Waals surface area contributed by atoms with E-state index in [-0.39, 0.29) is 12.5 Å². The number of carbonyl (C=O) groups excluding carboxylic acids is 1. The van der Waals surface area contributed by atoms with Crippen LogP contribution in [0.15, 0.2) is 49.1 Å². The molecule has 0 spiro atoms. The van der Waals surface area contributed by atoms with Crippen molar-refractivity contribution in [2.24, 2.45) is 0 Å². The van der Waals surface area contributed by atoms with E-state index in [2.05, 4.69) is 15.4 Å². The normalized spacial score (nSPS) is 10.7. The molecule has 0 saturated heterocycles. The fourth-order valence-corrected chi connectivity index (χ4v) is 2.12. The lowest BCUT2D eigenvalue weighted by Gasteiger charge is -2.05. The summed E-state index contributed by atoms with van der Waals surface area (Å²) in [6.45, 7) is 0.381. The molecule has 0 aliphatic rings. The van der Waals surface area contributed by atoms with Gasteiger partial charge in [-0.3, -0.25) is 9.78 Å². The largest absolute Gasteiger partial charge is 0.392 e. The van der Waals surface area contributed by atoms with Crippen LogP contribution in [0.4, 0.5) is 0 Å². The van der Waals surface area contributed by atoms with Crippen LogP contribution in [-0.2, 0) is 13.2 Å². The first kappa shape index (κ1) is 13.3. The minimum Gasteiger partial charge on any atom is -0.392 e. The van der Waals surface area contributed by atoms with E-state index in [0.29, 0.717) is 17.6 Å². The van der Waals surface area contributed by atoms with Crippen LogP contribution >= 0.6 is 0 Å². The van der Waals surface area contributed by atoms with Crippen LogP contribution in [0, 0.1) is 0 Å². The van der Waals surface area contributed by atoms with Gasteiger partial charge >= 0.3 is 0 Å². The molecule has 1 amide bonds. The van der Waals surface area contributed by atoms with E-state index in [9.17, 15) is 4.79 Å². The van der Waals surface area contributed by atoms with Gasteiger partial charge in [0.25, 0.3) is 5.91 Å². The van der Waals surface area contributed by atoms with Gasteiger partial charge in [-0.05, 0) is 11.1 Å². The Morgan fingerprint density at radius 3 is 3.00 bits per heavy atom. The molecule has 0 fully saturated rings. The number of carbonyl (C=O) groups is 1. The summed E-state index contributed by atoms with van der Waals surface area (Å²) in [5.41, 5.74) is 2.91. The number of nitrogens with zero attached hydrogens (tertiary/aromatic N) is 3. The number of fused-ring (bicyclic) bond motifs is 1. The molecule has 106 valence electrons. The van der Waals surface area contributed by atoms with E-state index in [0.717, 1.165) is 11.1 Å². The van der Waals surface area contributed by atoms with Crippen molar-refractivity contribution >= 4 is 11.4 Å². The van der Waals surface area contributed by atoms with Gasteiger partial charge in [0.15, 0.2) is 0 Å². The Morgan fingerprint density at radius 2 is 2.14 bits per heavy atom. The summed E-state index contributed by atoms with van der Waals surface area (Å²) < 4.78 is 1.61. The van der Waals surface area contributed by atoms with Crippen molar-refractivity contribution in [1.82, 2.24) is 19.9 Å². The maximum Gasteiger partial charge on any atom is 0.255 e. The summed E-state index contributed by atoms with van der Waals surface area (Å²) in [6.07, 6.45) is 6.43. The standard InChI is InChI=1S/C15H14N4O2/c20-10-12-3-1-2-11(6-12)7-17-15(21)13-8-18-19-5-4-16-9-14(13)19/h1-6,8-9,20H,7,10H2,(H,17,21). The molecule has 6 nitrogen and oxygen atoms in total. The lowest BCUT2D eigenvalue weighted by atomic mass is 10.1. The van der Waals surface area contributed by atoms with Gasteiger partial charge in [0.2, 0.25) is 0 Å². The zero-order valence-electron chi connectivity index (χ0n) is 11.2. The zero-order valence-corrected chi connectivity index (χ0v) is 11.2. The Bertz CT molecular complexity index is 782. The fraction of sp³-hybridized carbons (Fsp3) is 0.133. The van der Waals surface area contributed by atoms with Crippen molar-refractivity contribution in [3.8, 4) is 0 Å². The van der Waals surface area contributed by atoms with Crippen molar-refractivity contribution in [2.45, 2.75) is 13.2 Å². The Morgan fingerprint density at radius 1 is 1.29 bits per heavy atom. The van der Waals surface area contributed by atoms with Crippen LogP contribution in [0.25, 0.3) is 5.52 Å². The number of rotatable bonds is 4. The van der Waals surface area contributed by atoms with E-state index in [1.54, 1.807) is 23.1 Å². The van der Waals surface area contributed by atoms with E-state index in [1.165, 1.54) is 6.20 Å². The van der Waals surface area contributed by atoms with Crippen LogP contribution in [0.5, 0.6) is 0 Å². The van der Waals surface area contributed by atoms with Crippen molar-refractivity contribution in [2.75, 3.05) is 0 Å². The average Bonchev–Trinajstić information content (AvgIpc) is 2.97. The summed E-state index contributed by atoms with van der Waals surface area (Å²) in [4.78, 5) is 16.2. The molecule has 0 aliphatic heterocycles. The molecular formula is C15H14N4O2. The van der Waals surface area contributed by atoms with Crippen LogP contribution in [0.2, 0.25) is 0 Å². The highest BCUT2D eigenvalue weighted by Gasteiger charge is 2.12. The third-order valence-electron chi connectivity index (χ3n) is 3.20. The van der Waals surface area contributed by atoms with Gasteiger partial charge in [0, 0.05) is 18.9 Å². The Kier molecular flexibility index (Phi) is 3.61. The molecule has 2 N–H and O–H groups in total. The second-order valence-electron chi connectivity index (χ2n) is 4.63. The van der Waals surface area contributed by atoms with Crippen LogP contribution in [-0.4, -0.2) is 25.6 Å². The van der Waals surface area contributed by atoms with Gasteiger partial charge in [0.05, 0.1) is 30.1 Å². The van der Waals surface area contributed by atoms with Crippen LogP contribution < -0.4 is 5.32 Å². The highest BCUT2D eigenvalue weighted by Crippen LogP contribution is 2.09. The third-order valence-corrected chi connectivity index (χ3v) is 3.20. The average molecular weight is 282 g/mol. The highest BCUT2D eigenvalue weighted by molar-refractivity contribution is 6.00. The summed E-state index contributed by atoms with van der Waals surface area (Å²) in [6, 6.07) is 7.45. The predicted octanol–water partition coefficient (Wildman–Crippen LogP) is 1.15. The first-order valence-corrected chi connectivity index (χ1v) is 6.52. The SMILES string of the molecule is O=C(NCc1cccc(CO)c1)c1cnn2ccncc12. The van der Waals surface area contributed by atoms with E-state index in [1.807, 2.05) is 24.3 Å². The summed E-state index contributed by atoms with van der Waals surface area (Å²) >= 11 is 0. The lowest BCUT2D eigenvalue weighted by Crippen LogP contribution is -2.22. The van der Waals surface area contributed by atoms with Gasteiger partial charge in [0.1, 0.15) is 0 Å². The fourth-order valence-electron chi connectivity index (χ4n) is 2.12. The third kappa shape index (κ3) is 2.75. The molecule has 2 heterocycles. The Balaban J connectivity index is 1.74. The molecule has 0 unspecified atom stereocenters. The first-order valence-electron chi connectivity index (χ1n) is 6.52. The van der Waals surface area contributed by atoms with E-state index >= 15 is 0 Å². The molecule has 0 radical (unpaired) electrons. The molecule has 21 heavy (non-hydrogen) atoms. The van der Waals surface area contributed by atoms with Crippen molar-refractivity contribution in [3.05, 3.63) is 65.7 Å². The number of hydrogen-bond acceptors (Lipinski definition) is 4. The molecule has 0 saturated carbocycles. The van der Waals surface area contributed by atoms with Crippen molar-refractivity contribution in [1.29, 1.82) is 0 Å². The topological polar surface area (TPSA) is 79.5 Å². The summed E-state index contributed by atoms with van der Waals surface area (Å²) in [7, 11) is 0. The number of benzene rings is 1. The molecule has 6 heteroatoms. The quantitative estimate of drug-likeness (QED) is 0.752. The van der Waals surface area contributed by atoms with Crippen LogP contribution in [0.1, 0.15) is 21.5 Å². The van der Waals surface area contributed by atoms with Gasteiger partial charge in [-0.2, -0.15) is 5.10 Å². The lowest BCUT2D eigenvalue weighted by molar-refractivity contribution is 0.0952. The number of nitrogens with one attached hydrogen (secondary N) is 1. The number of amides is 1. The molecule has 0 aliphatic carbocycles. The van der Waals surface area contributed by atoms with Gasteiger partial charge in [-0.25, -0.2) is 4.52 Å². The molecule has 1 aromatic carbocycles. The van der Waals surface area contributed by atoms with E-state index < -0.39 is 0 Å². The minimum atomic E-state index is -0.201. The van der Waals surface area contributed by atoms with Crippen molar-refractivity contribution in [3.63, 3.8) is 0 Å².